The van der Waals surface area contributed by atoms with Gasteiger partial charge in [0.2, 0.25) is 0 Å². The van der Waals surface area contributed by atoms with Crippen LogP contribution >= 0.6 is 0 Å². The minimum atomic E-state index is 0.317. The molecule has 2 saturated carbocycles. The Balaban J connectivity index is 1.89. The second-order valence-corrected chi connectivity index (χ2v) is 6.98. The van der Waals surface area contributed by atoms with Crippen LogP contribution in [0.3, 0.4) is 0 Å². The lowest BCUT2D eigenvalue weighted by Crippen LogP contribution is -2.43. The Labute approximate surface area is 118 Å². The SMILES string of the molecule is CCC1CCC(=O)C(CN(C)C2CCCCC2C)C1. The Hall–Kier alpha value is -0.370. The van der Waals surface area contributed by atoms with Crippen LogP contribution in [0.2, 0.25) is 0 Å². The highest BCUT2D eigenvalue weighted by atomic mass is 16.1. The Kier molecular flexibility index (Phi) is 5.44. The summed E-state index contributed by atoms with van der Waals surface area (Å²) in [5.41, 5.74) is 0. The van der Waals surface area contributed by atoms with E-state index in [-0.39, 0.29) is 0 Å². The molecule has 4 atom stereocenters. The molecule has 0 saturated heterocycles. The zero-order valence-corrected chi connectivity index (χ0v) is 13.0. The highest BCUT2D eigenvalue weighted by Gasteiger charge is 2.32. The van der Waals surface area contributed by atoms with Crippen molar-refractivity contribution in [2.45, 2.75) is 71.3 Å². The summed E-state index contributed by atoms with van der Waals surface area (Å²) >= 11 is 0. The standard InChI is InChI=1S/C17H31NO/c1-4-14-9-10-17(19)15(11-14)12-18(3)16-8-6-5-7-13(16)2/h13-16H,4-12H2,1-3H3. The molecule has 0 bridgehead atoms. The topological polar surface area (TPSA) is 20.3 Å². The van der Waals surface area contributed by atoms with E-state index in [0.717, 1.165) is 37.6 Å². The molecule has 2 aliphatic carbocycles. The van der Waals surface area contributed by atoms with Crippen molar-refractivity contribution >= 4 is 5.78 Å². The summed E-state index contributed by atoms with van der Waals surface area (Å²) in [5, 5.41) is 0. The van der Waals surface area contributed by atoms with Gasteiger partial charge in [0, 0.05) is 24.9 Å². The van der Waals surface area contributed by atoms with E-state index in [2.05, 4.69) is 25.8 Å². The zero-order valence-electron chi connectivity index (χ0n) is 13.0. The number of rotatable bonds is 4. The molecule has 0 aromatic heterocycles. The van der Waals surface area contributed by atoms with Gasteiger partial charge in [-0.25, -0.2) is 0 Å². The maximum Gasteiger partial charge on any atom is 0.137 e. The first kappa shape index (κ1) is 15.0. The van der Waals surface area contributed by atoms with Crippen LogP contribution in [0.4, 0.5) is 0 Å². The molecule has 19 heavy (non-hydrogen) atoms. The van der Waals surface area contributed by atoms with Crippen LogP contribution in [-0.2, 0) is 4.79 Å². The molecule has 4 unspecified atom stereocenters. The molecule has 2 aliphatic rings. The first-order chi connectivity index (χ1) is 9.11. The summed E-state index contributed by atoms with van der Waals surface area (Å²) in [6, 6.07) is 0.712. The summed E-state index contributed by atoms with van der Waals surface area (Å²) in [6.45, 7) is 5.66. The fourth-order valence-corrected chi connectivity index (χ4v) is 4.18. The van der Waals surface area contributed by atoms with Gasteiger partial charge in [0.15, 0.2) is 0 Å². The molecule has 0 amide bonds. The van der Waals surface area contributed by atoms with Gasteiger partial charge >= 0.3 is 0 Å². The molecule has 2 nitrogen and oxygen atoms in total. The highest BCUT2D eigenvalue weighted by molar-refractivity contribution is 5.81. The van der Waals surface area contributed by atoms with E-state index in [0.29, 0.717) is 17.7 Å². The number of ketones is 1. The molecule has 0 aromatic rings. The average Bonchev–Trinajstić information content (AvgIpc) is 2.41. The molecule has 0 aliphatic heterocycles. The Bertz CT molecular complexity index is 302. The van der Waals surface area contributed by atoms with E-state index in [1.807, 2.05) is 0 Å². The third-order valence-corrected chi connectivity index (χ3v) is 5.59. The van der Waals surface area contributed by atoms with Gasteiger partial charge in [0.25, 0.3) is 0 Å². The monoisotopic (exact) mass is 265 g/mol. The smallest absolute Gasteiger partial charge is 0.137 e. The van der Waals surface area contributed by atoms with Crippen molar-refractivity contribution in [2.75, 3.05) is 13.6 Å². The number of hydrogen-bond acceptors (Lipinski definition) is 2. The number of nitrogens with zero attached hydrogens (tertiary/aromatic N) is 1. The van der Waals surface area contributed by atoms with Crippen LogP contribution in [0.15, 0.2) is 0 Å². The van der Waals surface area contributed by atoms with E-state index in [4.69, 9.17) is 0 Å². The summed E-state index contributed by atoms with van der Waals surface area (Å²) in [4.78, 5) is 14.6. The second-order valence-electron chi connectivity index (χ2n) is 6.98. The molecule has 0 spiro atoms. The fraction of sp³-hybridized carbons (Fsp3) is 0.941. The Morgan fingerprint density at radius 2 is 1.95 bits per heavy atom. The third-order valence-electron chi connectivity index (χ3n) is 5.59. The van der Waals surface area contributed by atoms with E-state index in [1.165, 1.54) is 32.1 Å². The summed E-state index contributed by atoms with van der Waals surface area (Å²) in [6.07, 6.45) is 9.81. The molecule has 2 heteroatoms. The van der Waals surface area contributed by atoms with Crippen LogP contribution in [0.5, 0.6) is 0 Å². The van der Waals surface area contributed by atoms with Gasteiger partial charge in [-0.15, -0.1) is 0 Å². The van der Waals surface area contributed by atoms with E-state index >= 15 is 0 Å². The van der Waals surface area contributed by atoms with Crippen molar-refractivity contribution in [1.82, 2.24) is 4.90 Å². The van der Waals surface area contributed by atoms with Gasteiger partial charge in [-0.2, -0.15) is 0 Å². The van der Waals surface area contributed by atoms with Gasteiger partial charge < -0.3 is 4.90 Å². The number of hydrogen-bond donors (Lipinski definition) is 0. The number of carbonyl (C=O) groups excluding carboxylic acids is 1. The van der Waals surface area contributed by atoms with Crippen molar-refractivity contribution in [2.24, 2.45) is 17.8 Å². The first-order valence-corrected chi connectivity index (χ1v) is 8.34. The van der Waals surface area contributed by atoms with Gasteiger partial charge in [-0.05, 0) is 44.6 Å². The predicted octanol–water partition coefficient (Wildman–Crippen LogP) is 3.89. The lowest BCUT2D eigenvalue weighted by atomic mass is 9.78. The van der Waals surface area contributed by atoms with Crippen LogP contribution in [0.1, 0.15) is 65.2 Å². The largest absolute Gasteiger partial charge is 0.302 e. The zero-order chi connectivity index (χ0) is 13.8. The molecule has 110 valence electrons. The molecule has 0 aromatic carbocycles. The normalized spacial score (nSPS) is 36.7. The molecule has 0 radical (unpaired) electrons. The summed E-state index contributed by atoms with van der Waals surface area (Å²) in [7, 11) is 2.25. The Morgan fingerprint density at radius 3 is 2.63 bits per heavy atom. The van der Waals surface area contributed by atoms with Crippen LogP contribution in [-0.4, -0.2) is 30.3 Å². The van der Waals surface area contributed by atoms with Gasteiger partial charge in [0.05, 0.1) is 0 Å². The van der Waals surface area contributed by atoms with Crippen LogP contribution < -0.4 is 0 Å². The van der Waals surface area contributed by atoms with E-state index < -0.39 is 0 Å². The number of Topliss-reactive ketones (excluding diaryl/α,β-unsaturated/α-hetero) is 1. The van der Waals surface area contributed by atoms with Crippen molar-refractivity contribution in [1.29, 1.82) is 0 Å². The van der Waals surface area contributed by atoms with Crippen LogP contribution in [0, 0.1) is 17.8 Å². The quantitative estimate of drug-likeness (QED) is 0.768. The molecule has 2 fully saturated rings. The summed E-state index contributed by atoms with van der Waals surface area (Å²) in [5.74, 6) is 2.44. The highest BCUT2D eigenvalue weighted by Crippen LogP contribution is 2.32. The van der Waals surface area contributed by atoms with Crippen molar-refractivity contribution in [3.05, 3.63) is 0 Å². The molecular weight excluding hydrogens is 234 g/mol. The van der Waals surface area contributed by atoms with E-state index in [9.17, 15) is 4.79 Å². The molecule has 0 N–H and O–H groups in total. The minimum absolute atomic E-state index is 0.317. The molecule has 2 rings (SSSR count). The predicted molar refractivity (Wildman–Crippen MR) is 80.2 cm³/mol. The van der Waals surface area contributed by atoms with Crippen molar-refractivity contribution < 1.29 is 4.79 Å². The fourth-order valence-electron chi connectivity index (χ4n) is 4.18. The first-order valence-electron chi connectivity index (χ1n) is 8.34. The lowest BCUT2D eigenvalue weighted by molar-refractivity contribution is -0.126. The summed E-state index contributed by atoms with van der Waals surface area (Å²) < 4.78 is 0. The lowest BCUT2D eigenvalue weighted by Gasteiger charge is -2.39. The van der Waals surface area contributed by atoms with Gasteiger partial charge in [-0.1, -0.05) is 33.1 Å². The third kappa shape index (κ3) is 3.81. The molecule has 0 heterocycles. The molecular formula is C17H31NO. The minimum Gasteiger partial charge on any atom is -0.302 e. The van der Waals surface area contributed by atoms with E-state index in [1.54, 1.807) is 0 Å². The van der Waals surface area contributed by atoms with Crippen LogP contribution in [0.25, 0.3) is 0 Å². The Morgan fingerprint density at radius 1 is 1.21 bits per heavy atom. The maximum atomic E-state index is 12.1. The average molecular weight is 265 g/mol. The second kappa shape index (κ2) is 6.88. The van der Waals surface area contributed by atoms with Gasteiger partial charge in [0.1, 0.15) is 5.78 Å². The van der Waals surface area contributed by atoms with Gasteiger partial charge in [-0.3, -0.25) is 4.79 Å². The van der Waals surface area contributed by atoms with Crippen molar-refractivity contribution in [3.63, 3.8) is 0 Å². The number of carbonyl (C=O) groups is 1. The van der Waals surface area contributed by atoms with Crippen molar-refractivity contribution in [3.8, 4) is 0 Å². The maximum absolute atomic E-state index is 12.1.